The Morgan fingerprint density at radius 3 is 1.21 bits per heavy atom. The third-order valence-corrected chi connectivity index (χ3v) is 5.63. The third-order valence-electron chi connectivity index (χ3n) is 5.63. The lowest BCUT2D eigenvalue weighted by atomic mass is 10.0. The first kappa shape index (κ1) is 21.3. The molecule has 2 aromatic heterocycles. The van der Waals surface area contributed by atoms with E-state index in [1.165, 1.54) is 23.2 Å². The summed E-state index contributed by atoms with van der Waals surface area (Å²) in [4.78, 5) is 24.4. The number of rotatable bonds is 4. The first-order valence-corrected chi connectivity index (χ1v) is 10.9. The molecule has 0 spiro atoms. The Kier molecular flexibility index (Phi) is 5.47. The van der Waals surface area contributed by atoms with Gasteiger partial charge in [-0.1, -0.05) is 84.9 Å². The van der Waals surface area contributed by atoms with E-state index in [2.05, 4.69) is 10.2 Å². The number of carbonyl (C=O) groups is 2. The van der Waals surface area contributed by atoms with E-state index in [9.17, 15) is 9.59 Å². The Morgan fingerprint density at radius 2 is 0.882 bits per heavy atom. The summed E-state index contributed by atoms with van der Waals surface area (Å²) in [7, 11) is 0. The molecule has 0 unspecified atom stereocenters. The number of carbonyl (C=O) groups excluding carboxylic acids is 2. The van der Waals surface area contributed by atoms with E-state index in [0.29, 0.717) is 11.4 Å². The van der Waals surface area contributed by atoms with Crippen LogP contribution in [-0.4, -0.2) is 31.4 Å². The normalized spacial score (nSPS) is 10.9. The Morgan fingerprint density at radius 1 is 0.529 bits per heavy atom. The number of hydrogen-bond acceptors (Lipinski definition) is 4. The molecule has 3 aromatic carbocycles. The summed E-state index contributed by atoms with van der Waals surface area (Å²) >= 11 is 0. The minimum atomic E-state index is -0.148. The molecule has 0 fully saturated rings. The van der Waals surface area contributed by atoms with Gasteiger partial charge in [0, 0.05) is 36.1 Å². The van der Waals surface area contributed by atoms with Crippen molar-refractivity contribution in [3.63, 3.8) is 0 Å². The van der Waals surface area contributed by atoms with Gasteiger partial charge in [0.15, 0.2) is 0 Å². The van der Waals surface area contributed by atoms with Crippen LogP contribution in [0.3, 0.4) is 0 Å². The number of hydrogen-bond donors (Lipinski definition) is 0. The van der Waals surface area contributed by atoms with E-state index in [4.69, 9.17) is 0 Å². The molecule has 6 heteroatoms. The first-order valence-electron chi connectivity index (χ1n) is 10.9. The fourth-order valence-electron chi connectivity index (χ4n) is 3.97. The molecule has 0 saturated carbocycles. The Balaban J connectivity index is 1.51. The van der Waals surface area contributed by atoms with Crippen molar-refractivity contribution in [3.05, 3.63) is 97.1 Å². The minimum absolute atomic E-state index is 0.148. The molecule has 0 saturated heterocycles. The predicted octanol–water partition coefficient (Wildman–Crippen LogP) is 6.07. The van der Waals surface area contributed by atoms with Crippen LogP contribution in [0.25, 0.3) is 45.0 Å². The minimum Gasteiger partial charge on any atom is -0.273 e. The molecule has 0 atom stereocenters. The van der Waals surface area contributed by atoms with E-state index in [1.807, 2.05) is 97.1 Å². The van der Waals surface area contributed by atoms with Gasteiger partial charge in [-0.05, 0) is 12.1 Å². The zero-order chi connectivity index (χ0) is 23.7. The number of nitrogens with zero attached hydrogens (tertiary/aromatic N) is 4. The highest BCUT2D eigenvalue weighted by atomic mass is 16.2. The van der Waals surface area contributed by atoms with Crippen molar-refractivity contribution < 1.29 is 9.59 Å². The lowest BCUT2D eigenvalue weighted by molar-refractivity contribution is 0.0915. The van der Waals surface area contributed by atoms with Crippen molar-refractivity contribution in [3.8, 4) is 45.0 Å². The smallest absolute Gasteiger partial charge is 0.244 e. The van der Waals surface area contributed by atoms with Crippen molar-refractivity contribution >= 4 is 11.8 Å². The van der Waals surface area contributed by atoms with Crippen LogP contribution in [0.2, 0.25) is 0 Å². The molecule has 5 aromatic rings. The average molecular weight is 447 g/mol. The van der Waals surface area contributed by atoms with Gasteiger partial charge in [0.25, 0.3) is 0 Å². The van der Waals surface area contributed by atoms with Crippen LogP contribution in [0.5, 0.6) is 0 Å². The summed E-state index contributed by atoms with van der Waals surface area (Å²) in [5.74, 6) is -0.296. The summed E-state index contributed by atoms with van der Waals surface area (Å²) in [6, 6.07) is 31.1. The van der Waals surface area contributed by atoms with Gasteiger partial charge in [-0.2, -0.15) is 19.6 Å². The quantitative estimate of drug-likeness (QED) is 0.336. The highest BCUT2D eigenvalue weighted by molar-refractivity contribution is 5.85. The summed E-state index contributed by atoms with van der Waals surface area (Å²) in [5.41, 5.74) is 6.54. The van der Waals surface area contributed by atoms with E-state index in [-0.39, 0.29) is 11.8 Å². The van der Waals surface area contributed by atoms with Crippen LogP contribution < -0.4 is 0 Å². The number of benzene rings is 3. The van der Waals surface area contributed by atoms with Gasteiger partial charge >= 0.3 is 0 Å². The molecule has 0 aliphatic heterocycles. The van der Waals surface area contributed by atoms with Crippen LogP contribution in [0, 0.1) is 0 Å². The SMILES string of the molecule is CC(=O)n1nc(-c2ccc(-c3cc(-c4ccccc4)n(C(C)=O)n3)cc2)cc1-c1ccccc1. The van der Waals surface area contributed by atoms with Crippen LogP contribution in [0.1, 0.15) is 23.4 Å². The summed E-state index contributed by atoms with van der Waals surface area (Å²) in [5, 5.41) is 9.09. The van der Waals surface area contributed by atoms with Crippen molar-refractivity contribution in [2.45, 2.75) is 13.8 Å². The maximum absolute atomic E-state index is 12.2. The van der Waals surface area contributed by atoms with Gasteiger partial charge in [-0.25, -0.2) is 0 Å². The highest BCUT2D eigenvalue weighted by Gasteiger charge is 2.16. The van der Waals surface area contributed by atoms with Crippen molar-refractivity contribution in [1.29, 1.82) is 0 Å². The van der Waals surface area contributed by atoms with E-state index in [1.54, 1.807) is 0 Å². The van der Waals surface area contributed by atoms with E-state index >= 15 is 0 Å². The molecule has 0 bridgehead atoms. The Labute approximate surface area is 197 Å². The fourth-order valence-corrected chi connectivity index (χ4v) is 3.97. The largest absolute Gasteiger partial charge is 0.273 e. The molecule has 0 N–H and O–H groups in total. The highest BCUT2D eigenvalue weighted by Crippen LogP contribution is 2.30. The zero-order valence-electron chi connectivity index (χ0n) is 18.8. The fraction of sp³-hybridized carbons (Fsp3) is 0.0714. The molecular weight excluding hydrogens is 424 g/mol. The van der Waals surface area contributed by atoms with Gasteiger partial charge < -0.3 is 0 Å². The molecule has 0 aliphatic rings. The van der Waals surface area contributed by atoms with E-state index in [0.717, 1.165) is 33.6 Å². The van der Waals surface area contributed by atoms with Gasteiger partial charge in [0.2, 0.25) is 11.8 Å². The zero-order valence-corrected chi connectivity index (χ0v) is 18.8. The maximum atomic E-state index is 12.2. The molecule has 0 aliphatic carbocycles. The lowest BCUT2D eigenvalue weighted by Crippen LogP contribution is -2.09. The standard InChI is InChI=1S/C28H22N4O2/c1-19(33)31-27(23-9-5-3-6-10-23)17-25(29-31)21-13-15-22(16-14-21)26-18-28(32(30-26)20(2)34)24-11-7-4-8-12-24/h3-18H,1-2H3. The van der Waals surface area contributed by atoms with Crippen molar-refractivity contribution in [2.24, 2.45) is 0 Å². The lowest BCUT2D eigenvalue weighted by Gasteiger charge is -2.02. The molecule has 6 nitrogen and oxygen atoms in total. The second-order valence-electron chi connectivity index (χ2n) is 8.00. The van der Waals surface area contributed by atoms with E-state index < -0.39 is 0 Å². The van der Waals surface area contributed by atoms with Gasteiger partial charge in [-0.15, -0.1) is 0 Å². The molecule has 2 heterocycles. The van der Waals surface area contributed by atoms with Crippen LogP contribution in [0.15, 0.2) is 97.1 Å². The second-order valence-corrected chi connectivity index (χ2v) is 8.00. The topological polar surface area (TPSA) is 69.8 Å². The average Bonchev–Trinajstić information content (AvgIpc) is 3.51. The Bertz CT molecular complexity index is 1370. The van der Waals surface area contributed by atoms with Crippen LogP contribution >= 0.6 is 0 Å². The predicted molar refractivity (Wildman–Crippen MR) is 132 cm³/mol. The molecule has 166 valence electrons. The maximum Gasteiger partial charge on any atom is 0.244 e. The molecule has 34 heavy (non-hydrogen) atoms. The third kappa shape index (κ3) is 3.97. The molecular formula is C28H22N4O2. The summed E-state index contributed by atoms with van der Waals surface area (Å²) in [6.07, 6.45) is 0. The van der Waals surface area contributed by atoms with Crippen molar-refractivity contribution in [1.82, 2.24) is 19.6 Å². The second kappa shape index (κ2) is 8.75. The molecule has 0 radical (unpaired) electrons. The van der Waals surface area contributed by atoms with Crippen molar-refractivity contribution in [2.75, 3.05) is 0 Å². The molecule has 5 rings (SSSR count). The summed E-state index contributed by atoms with van der Waals surface area (Å²) in [6.45, 7) is 3.00. The van der Waals surface area contributed by atoms with Crippen LogP contribution in [0.4, 0.5) is 0 Å². The molecule has 0 amide bonds. The van der Waals surface area contributed by atoms with Gasteiger partial charge in [0.1, 0.15) is 0 Å². The Hall–Kier alpha value is -4.58. The van der Waals surface area contributed by atoms with Crippen LogP contribution in [-0.2, 0) is 0 Å². The summed E-state index contributed by atoms with van der Waals surface area (Å²) < 4.78 is 2.86. The monoisotopic (exact) mass is 446 g/mol. The number of aromatic nitrogens is 4. The van der Waals surface area contributed by atoms with Gasteiger partial charge in [0.05, 0.1) is 22.8 Å². The first-order chi connectivity index (χ1) is 16.5. The van der Waals surface area contributed by atoms with Gasteiger partial charge in [-0.3, -0.25) is 9.59 Å².